The number of hydrogen-bond donors (Lipinski definition) is 1. The highest BCUT2D eigenvalue weighted by Crippen LogP contribution is 2.67. The van der Waals surface area contributed by atoms with Gasteiger partial charge in [0.15, 0.2) is 0 Å². The second-order valence-corrected chi connectivity index (χ2v) is 12.7. The summed E-state index contributed by atoms with van der Waals surface area (Å²) in [5.74, 6) is -2.24. The molecule has 3 fully saturated rings. The van der Waals surface area contributed by atoms with Crippen molar-refractivity contribution in [3.63, 3.8) is 0 Å². The lowest BCUT2D eigenvalue weighted by atomic mass is 9.71. The second-order valence-electron chi connectivity index (χ2n) is 10.7. The fourth-order valence-electron chi connectivity index (χ4n) is 6.56. The van der Waals surface area contributed by atoms with E-state index >= 15 is 0 Å². The van der Waals surface area contributed by atoms with Gasteiger partial charge in [-0.2, -0.15) is 0 Å². The molecule has 212 valence electrons. The van der Waals surface area contributed by atoms with Gasteiger partial charge in [-0.15, -0.1) is 24.9 Å². The number of aliphatic hydroxyl groups excluding tert-OH is 1. The summed E-state index contributed by atoms with van der Waals surface area (Å²) in [5.41, 5.74) is 0.538. The SMILES string of the molecule is C=CCCCOC(=O)[C@@H]1[C@@H]2CCC3(S2)C(C(=O)N(CC=C)c2ccccc2Cl)N([C@@H](CO)[C@@H](C)CC)C(=O)[C@H]13. The molecule has 2 bridgehead atoms. The summed E-state index contributed by atoms with van der Waals surface area (Å²) in [4.78, 5) is 45.6. The predicted molar refractivity (Wildman–Crippen MR) is 156 cm³/mol. The Morgan fingerprint density at radius 1 is 1.33 bits per heavy atom. The zero-order valence-electron chi connectivity index (χ0n) is 22.8. The first-order valence-corrected chi connectivity index (χ1v) is 15.1. The smallest absolute Gasteiger partial charge is 0.310 e. The van der Waals surface area contributed by atoms with E-state index < -0.39 is 28.7 Å². The van der Waals surface area contributed by atoms with Gasteiger partial charge in [-0.3, -0.25) is 14.4 Å². The summed E-state index contributed by atoms with van der Waals surface area (Å²) in [6.07, 6.45) is 6.90. The van der Waals surface area contributed by atoms with Gasteiger partial charge in [-0.05, 0) is 43.7 Å². The summed E-state index contributed by atoms with van der Waals surface area (Å²) in [6, 6.07) is 5.70. The number of fused-ring (bicyclic) bond motifs is 1. The Morgan fingerprint density at radius 3 is 2.72 bits per heavy atom. The molecule has 39 heavy (non-hydrogen) atoms. The number of hydrogen-bond acceptors (Lipinski definition) is 6. The minimum atomic E-state index is -0.856. The Kier molecular flexibility index (Phi) is 9.50. The number of thioether (sulfide) groups is 1. The average Bonchev–Trinajstić information content (AvgIpc) is 3.58. The number of allylic oxidation sites excluding steroid dienone is 1. The zero-order valence-corrected chi connectivity index (χ0v) is 24.3. The van der Waals surface area contributed by atoms with Gasteiger partial charge < -0.3 is 19.6 Å². The van der Waals surface area contributed by atoms with E-state index in [9.17, 15) is 19.5 Å². The summed E-state index contributed by atoms with van der Waals surface area (Å²) < 4.78 is 4.86. The van der Waals surface area contributed by atoms with Crippen LogP contribution in [0.1, 0.15) is 46.0 Å². The van der Waals surface area contributed by atoms with Crippen LogP contribution in [0, 0.1) is 17.8 Å². The molecule has 0 aliphatic carbocycles. The van der Waals surface area contributed by atoms with Crippen molar-refractivity contribution in [1.29, 1.82) is 0 Å². The van der Waals surface area contributed by atoms with Gasteiger partial charge in [0.2, 0.25) is 5.91 Å². The van der Waals surface area contributed by atoms with Crippen LogP contribution in [0.3, 0.4) is 0 Å². The Labute approximate surface area is 240 Å². The maximum absolute atomic E-state index is 14.6. The molecule has 0 aromatic heterocycles. The first-order valence-electron chi connectivity index (χ1n) is 13.8. The van der Waals surface area contributed by atoms with E-state index in [0.717, 1.165) is 19.3 Å². The van der Waals surface area contributed by atoms with Crippen molar-refractivity contribution in [2.24, 2.45) is 17.8 Å². The fraction of sp³-hybridized carbons (Fsp3) is 0.567. The van der Waals surface area contributed by atoms with E-state index in [0.29, 0.717) is 23.6 Å². The highest BCUT2D eigenvalue weighted by Gasteiger charge is 2.75. The number of ether oxygens (including phenoxy) is 1. The number of aliphatic hydroxyl groups is 1. The predicted octanol–water partition coefficient (Wildman–Crippen LogP) is 4.87. The number of nitrogens with zero attached hydrogens (tertiary/aromatic N) is 2. The third-order valence-electron chi connectivity index (χ3n) is 8.61. The molecule has 1 aromatic rings. The van der Waals surface area contributed by atoms with Gasteiger partial charge in [0, 0.05) is 11.8 Å². The number of benzene rings is 1. The number of carbonyl (C=O) groups excluding carboxylic acids is 3. The van der Waals surface area contributed by atoms with Crippen molar-refractivity contribution in [1.82, 2.24) is 4.90 Å². The average molecular weight is 575 g/mol. The standard InChI is InChI=1S/C30H39ClN2O5S/c1-5-8-11-17-38-29(37)24-23-14-15-30(39-23)25(24)27(35)33(22(18-34)19(4)7-3)26(30)28(36)32(16-6-2)21-13-10-9-12-20(21)31/h5-6,9-10,12-13,19,22-26,34H,1-2,7-8,11,14-18H2,3-4H3/t19-,22-,23-,24+,25-,26?,30?/m0/s1. The van der Waals surface area contributed by atoms with Crippen LogP contribution in [0.15, 0.2) is 49.6 Å². The third kappa shape index (κ3) is 5.16. The summed E-state index contributed by atoms with van der Waals surface area (Å²) >= 11 is 8.12. The van der Waals surface area contributed by atoms with Crippen LogP contribution in [0.2, 0.25) is 5.02 Å². The number of para-hydroxylation sites is 1. The van der Waals surface area contributed by atoms with Crippen LogP contribution in [-0.2, 0) is 19.1 Å². The van der Waals surface area contributed by atoms with E-state index in [2.05, 4.69) is 13.2 Å². The number of esters is 1. The van der Waals surface area contributed by atoms with Gasteiger partial charge in [-0.25, -0.2) is 0 Å². The molecule has 0 saturated carbocycles. The number of carbonyl (C=O) groups is 3. The number of halogens is 1. The van der Waals surface area contributed by atoms with Crippen LogP contribution in [0.5, 0.6) is 0 Å². The maximum atomic E-state index is 14.6. The molecule has 2 amide bonds. The van der Waals surface area contributed by atoms with E-state index in [4.69, 9.17) is 16.3 Å². The molecule has 3 aliphatic heterocycles. The molecule has 0 radical (unpaired) electrons. The summed E-state index contributed by atoms with van der Waals surface area (Å²) in [6.45, 7) is 11.7. The molecule has 7 nitrogen and oxygen atoms in total. The highest BCUT2D eigenvalue weighted by atomic mass is 35.5. The van der Waals surface area contributed by atoms with E-state index in [-0.39, 0.29) is 48.7 Å². The quantitative estimate of drug-likeness (QED) is 0.205. The van der Waals surface area contributed by atoms with Crippen molar-refractivity contribution in [2.45, 2.75) is 68.0 Å². The lowest BCUT2D eigenvalue weighted by Crippen LogP contribution is -2.58. The van der Waals surface area contributed by atoms with Crippen LogP contribution in [-0.4, -0.2) is 69.6 Å². The minimum absolute atomic E-state index is 0.0517. The van der Waals surface area contributed by atoms with Gasteiger partial charge >= 0.3 is 5.97 Å². The lowest BCUT2D eigenvalue weighted by Gasteiger charge is -2.41. The zero-order chi connectivity index (χ0) is 28.3. The second kappa shape index (κ2) is 12.5. The van der Waals surface area contributed by atoms with Gasteiger partial charge in [0.25, 0.3) is 5.91 Å². The molecule has 1 aromatic carbocycles. The van der Waals surface area contributed by atoms with Crippen molar-refractivity contribution < 1.29 is 24.2 Å². The van der Waals surface area contributed by atoms with Gasteiger partial charge in [-0.1, -0.05) is 56.2 Å². The van der Waals surface area contributed by atoms with Gasteiger partial charge in [0.05, 0.1) is 46.5 Å². The molecule has 1 spiro atoms. The van der Waals surface area contributed by atoms with Crippen molar-refractivity contribution >= 4 is 46.8 Å². The first-order chi connectivity index (χ1) is 18.8. The van der Waals surface area contributed by atoms with Crippen molar-refractivity contribution in [2.75, 3.05) is 24.7 Å². The van der Waals surface area contributed by atoms with Crippen LogP contribution >= 0.6 is 23.4 Å². The fourth-order valence-corrected chi connectivity index (χ4v) is 8.99. The van der Waals surface area contributed by atoms with Gasteiger partial charge in [0.1, 0.15) is 6.04 Å². The number of likely N-dealkylation sites (tertiary alicyclic amines) is 1. The minimum Gasteiger partial charge on any atom is -0.465 e. The lowest BCUT2D eigenvalue weighted by molar-refractivity contribution is -0.154. The summed E-state index contributed by atoms with van der Waals surface area (Å²) in [5, 5.41) is 10.8. The maximum Gasteiger partial charge on any atom is 0.310 e. The Balaban J connectivity index is 1.78. The Hall–Kier alpha value is -2.29. The van der Waals surface area contributed by atoms with E-state index in [1.807, 2.05) is 19.9 Å². The Bertz CT molecular complexity index is 1110. The van der Waals surface area contributed by atoms with Crippen molar-refractivity contribution in [3.05, 3.63) is 54.6 Å². The molecular formula is C30H39ClN2O5S. The molecule has 1 N–H and O–H groups in total. The van der Waals surface area contributed by atoms with Crippen LogP contribution in [0.25, 0.3) is 0 Å². The highest BCUT2D eigenvalue weighted by molar-refractivity contribution is 8.02. The van der Waals surface area contributed by atoms with E-state index in [1.54, 1.807) is 51.9 Å². The number of rotatable bonds is 13. The molecule has 3 heterocycles. The topological polar surface area (TPSA) is 87.2 Å². The molecule has 7 atom stereocenters. The molecule has 4 rings (SSSR count). The molecular weight excluding hydrogens is 536 g/mol. The molecule has 3 saturated heterocycles. The Morgan fingerprint density at radius 2 is 2.08 bits per heavy atom. The monoisotopic (exact) mass is 574 g/mol. The van der Waals surface area contributed by atoms with E-state index in [1.165, 1.54) is 0 Å². The number of unbranched alkanes of at least 4 members (excludes halogenated alkanes) is 1. The largest absolute Gasteiger partial charge is 0.465 e. The molecule has 9 heteroatoms. The summed E-state index contributed by atoms with van der Waals surface area (Å²) in [7, 11) is 0. The molecule has 2 unspecified atom stereocenters. The van der Waals surface area contributed by atoms with Crippen LogP contribution in [0.4, 0.5) is 5.69 Å². The van der Waals surface area contributed by atoms with Crippen molar-refractivity contribution in [3.8, 4) is 0 Å². The van der Waals surface area contributed by atoms with Crippen LogP contribution < -0.4 is 4.90 Å². The molecule has 3 aliphatic rings. The number of amides is 2. The first kappa shape index (κ1) is 29.7. The normalized spacial score (nSPS) is 28.6. The third-order valence-corrected chi connectivity index (χ3v) is 10.9. The number of anilines is 1.